The Labute approximate surface area is 237 Å². The van der Waals surface area contributed by atoms with E-state index in [2.05, 4.69) is 54.7 Å². The van der Waals surface area contributed by atoms with Gasteiger partial charge in [-0.05, 0) is 62.4 Å². The van der Waals surface area contributed by atoms with Gasteiger partial charge in [-0.3, -0.25) is 19.5 Å². The van der Waals surface area contributed by atoms with Crippen LogP contribution in [0.15, 0.2) is 36.5 Å². The number of nitrogens with one attached hydrogen (secondary N) is 1. The van der Waals surface area contributed by atoms with E-state index in [1.54, 1.807) is 18.3 Å². The van der Waals surface area contributed by atoms with Gasteiger partial charge in [0.25, 0.3) is 0 Å². The molecule has 2 fully saturated rings. The summed E-state index contributed by atoms with van der Waals surface area (Å²) in [5.41, 5.74) is 2.67. The van der Waals surface area contributed by atoms with Gasteiger partial charge in [-0.15, -0.1) is 0 Å². The molecule has 0 saturated carbocycles. The van der Waals surface area contributed by atoms with E-state index < -0.39 is 0 Å². The van der Waals surface area contributed by atoms with Gasteiger partial charge in [0.1, 0.15) is 18.1 Å². The van der Waals surface area contributed by atoms with Crippen molar-refractivity contribution in [3.8, 4) is 5.88 Å². The number of amides is 1. The number of anilines is 1. The van der Waals surface area contributed by atoms with Gasteiger partial charge in [-0.25, -0.2) is 9.37 Å². The van der Waals surface area contributed by atoms with Crippen molar-refractivity contribution < 1.29 is 18.7 Å². The molecule has 8 nitrogen and oxygen atoms in total. The molecule has 0 aliphatic carbocycles. The van der Waals surface area contributed by atoms with Crippen molar-refractivity contribution in [2.24, 2.45) is 5.92 Å². The first-order valence-electron chi connectivity index (χ1n) is 14.7. The average Bonchev–Trinajstić information content (AvgIpc) is 2.92. The molecule has 1 amide bonds. The first-order valence-corrected chi connectivity index (χ1v) is 14.7. The van der Waals surface area contributed by atoms with Crippen molar-refractivity contribution >= 4 is 11.6 Å². The topological polar surface area (TPSA) is 70.2 Å². The minimum Gasteiger partial charge on any atom is -0.474 e. The number of ether oxygens (including phenoxy) is 2. The van der Waals surface area contributed by atoms with Crippen molar-refractivity contribution in [2.75, 3.05) is 50.9 Å². The van der Waals surface area contributed by atoms with Gasteiger partial charge in [0, 0.05) is 50.0 Å². The number of rotatable bonds is 7. The van der Waals surface area contributed by atoms with Crippen molar-refractivity contribution in [3.05, 3.63) is 53.5 Å². The predicted molar refractivity (Wildman–Crippen MR) is 154 cm³/mol. The Balaban J connectivity index is 1.38. The Kier molecular flexibility index (Phi) is 9.05. The number of piperazine rings is 1. The number of pyridine rings is 1. The summed E-state index contributed by atoms with van der Waals surface area (Å²) in [5.74, 6) is 0.529. The zero-order valence-corrected chi connectivity index (χ0v) is 24.5. The van der Waals surface area contributed by atoms with Crippen molar-refractivity contribution in [1.82, 2.24) is 20.1 Å². The van der Waals surface area contributed by atoms with Gasteiger partial charge < -0.3 is 14.8 Å². The molecule has 4 heterocycles. The van der Waals surface area contributed by atoms with Crippen molar-refractivity contribution in [3.63, 3.8) is 0 Å². The molecule has 3 aliphatic heterocycles. The van der Waals surface area contributed by atoms with E-state index >= 15 is 0 Å². The Hall–Kier alpha value is -2.59. The Bertz CT molecular complexity index is 1150. The summed E-state index contributed by atoms with van der Waals surface area (Å²) < 4.78 is 25.2. The average molecular weight is 554 g/mol. The lowest BCUT2D eigenvalue weighted by molar-refractivity contribution is -0.122. The number of fused-ring (bicyclic) bond motifs is 1. The van der Waals surface area contributed by atoms with Gasteiger partial charge >= 0.3 is 0 Å². The van der Waals surface area contributed by atoms with Crippen LogP contribution in [0.25, 0.3) is 0 Å². The monoisotopic (exact) mass is 553 g/mol. The molecule has 5 rings (SSSR count). The van der Waals surface area contributed by atoms with E-state index in [9.17, 15) is 9.18 Å². The lowest BCUT2D eigenvalue weighted by atomic mass is 9.99. The number of nitrogens with zero attached hydrogens (tertiary/aromatic N) is 4. The summed E-state index contributed by atoms with van der Waals surface area (Å²) in [7, 11) is 0. The van der Waals surface area contributed by atoms with Crippen LogP contribution in [0.3, 0.4) is 0 Å². The highest BCUT2D eigenvalue weighted by atomic mass is 19.1. The molecule has 2 saturated heterocycles. The third kappa shape index (κ3) is 6.48. The van der Waals surface area contributed by atoms with E-state index in [1.807, 2.05) is 11.0 Å². The predicted octanol–water partition coefficient (Wildman–Crippen LogP) is 3.33. The fourth-order valence-electron chi connectivity index (χ4n) is 6.22. The molecular weight excluding hydrogens is 509 g/mol. The normalized spacial score (nSPS) is 27.9. The Morgan fingerprint density at radius 3 is 2.52 bits per heavy atom. The van der Waals surface area contributed by atoms with Crippen LogP contribution in [0.2, 0.25) is 0 Å². The summed E-state index contributed by atoms with van der Waals surface area (Å²) in [6.07, 6.45) is 2.39. The van der Waals surface area contributed by atoms with Crippen LogP contribution in [-0.4, -0.2) is 96.9 Å². The fraction of sp³-hybridized carbons (Fsp3) is 0.613. The first kappa shape index (κ1) is 28.9. The van der Waals surface area contributed by atoms with E-state index in [4.69, 9.17) is 9.47 Å². The quantitative estimate of drug-likeness (QED) is 0.564. The molecule has 40 heavy (non-hydrogen) atoms. The fourth-order valence-corrected chi connectivity index (χ4v) is 6.22. The summed E-state index contributed by atoms with van der Waals surface area (Å²) in [6, 6.07) is 9.68. The van der Waals surface area contributed by atoms with E-state index in [1.165, 1.54) is 12.1 Å². The molecule has 1 aromatic carbocycles. The van der Waals surface area contributed by atoms with E-state index in [-0.39, 0.29) is 29.7 Å². The Morgan fingerprint density at radius 2 is 1.82 bits per heavy atom. The number of hydrogen-bond acceptors (Lipinski definition) is 7. The van der Waals surface area contributed by atoms with Crippen LogP contribution < -0.4 is 15.0 Å². The maximum Gasteiger partial charge on any atom is 0.241 e. The number of hydrogen-bond donors (Lipinski definition) is 1. The van der Waals surface area contributed by atoms with Gasteiger partial charge in [0.05, 0.1) is 25.8 Å². The zero-order valence-electron chi connectivity index (χ0n) is 24.5. The number of carbonyl (C=O) groups excluding carboxylic acids is 1. The number of aromatic nitrogens is 1. The molecule has 0 radical (unpaired) electrons. The molecule has 1 aromatic heterocycles. The molecule has 1 unspecified atom stereocenters. The van der Waals surface area contributed by atoms with Crippen LogP contribution in [-0.2, 0) is 16.0 Å². The van der Waals surface area contributed by atoms with Crippen molar-refractivity contribution in [2.45, 2.75) is 71.2 Å². The van der Waals surface area contributed by atoms with Gasteiger partial charge in [0.2, 0.25) is 11.8 Å². The highest BCUT2D eigenvalue weighted by Crippen LogP contribution is 2.35. The molecule has 3 aliphatic rings. The molecular formula is C31H44FN5O3. The second kappa shape index (κ2) is 12.5. The van der Waals surface area contributed by atoms with Crippen LogP contribution >= 0.6 is 0 Å². The molecule has 218 valence electrons. The SMILES string of the molecule is CC(C)C1COc2ncc(Cc3ccc(F)cc3)cc2N1C(=O)CN1C[C@@H](C)NC[C@@H]1CN1[C@H](C)COC[C@H]1C. The van der Waals surface area contributed by atoms with E-state index in [0.29, 0.717) is 43.6 Å². The number of halogens is 1. The molecule has 0 bridgehead atoms. The van der Waals surface area contributed by atoms with Gasteiger partial charge in [-0.2, -0.15) is 0 Å². The third-order valence-electron chi connectivity index (χ3n) is 8.57. The maximum absolute atomic E-state index is 14.2. The summed E-state index contributed by atoms with van der Waals surface area (Å²) in [5, 5.41) is 3.63. The van der Waals surface area contributed by atoms with Gasteiger partial charge in [0.15, 0.2) is 0 Å². The highest BCUT2D eigenvalue weighted by Gasteiger charge is 2.38. The molecule has 1 N–H and O–H groups in total. The van der Waals surface area contributed by atoms with Crippen LogP contribution in [0, 0.1) is 11.7 Å². The van der Waals surface area contributed by atoms with Crippen LogP contribution in [0.1, 0.15) is 45.7 Å². The Morgan fingerprint density at radius 1 is 1.10 bits per heavy atom. The minimum atomic E-state index is -0.254. The number of morpholine rings is 1. The zero-order chi connectivity index (χ0) is 28.4. The standard InChI is InChI=1S/C31H44FN5O3/c1-20(2)29-19-40-31-28(11-25(12-34-31)10-24-6-8-26(32)9-7-24)37(29)30(38)16-35-14-21(3)33-13-27(35)15-36-22(4)17-39-18-23(36)5/h6-9,11-12,20-23,27,29,33H,10,13-19H2,1-5H3/t21-,22-,23-,27-,29?/m1/s1. The second-order valence-corrected chi connectivity index (χ2v) is 12.2. The van der Waals surface area contributed by atoms with Gasteiger partial charge in [-0.1, -0.05) is 26.0 Å². The summed E-state index contributed by atoms with van der Waals surface area (Å²) >= 11 is 0. The third-order valence-corrected chi connectivity index (χ3v) is 8.57. The largest absolute Gasteiger partial charge is 0.474 e. The molecule has 2 aromatic rings. The second-order valence-electron chi connectivity index (χ2n) is 12.2. The van der Waals surface area contributed by atoms with Crippen LogP contribution in [0.5, 0.6) is 5.88 Å². The number of benzene rings is 1. The highest BCUT2D eigenvalue weighted by molar-refractivity contribution is 5.97. The smallest absolute Gasteiger partial charge is 0.241 e. The minimum absolute atomic E-state index is 0.0751. The number of carbonyl (C=O) groups is 1. The van der Waals surface area contributed by atoms with E-state index in [0.717, 1.165) is 49.7 Å². The molecule has 5 atom stereocenters. The maximum atomic E-state index is 14.2. The lowest BCUT2D eigenvalue weighted by Gasteiger charge is -2.46. The van der Waals surface area contributed by atoms with Crippen LogP contribution in [0.4, 0.5) is 10.1 Å². The lowest BCUT2D eigenvalue weighted by Crippen LogP contribution is -2.64. The molecule has 0 spiro atoms. The summed E-state index contributed by atoms with van der Waals surface area (Å²) in [6.45, 7) is 15.7. The molecule has 9 heteroatoms. The first-order chi connectivity index (χ1) is 19.2. The summed E-state index contributed by atoms with van der Waals surface area (Å²) in [4.78, 5) is 25.6. The van der Waals surface area contributed by atoms with Crippen molar-refractivity contribution in [1.29, 1.82) is 0 Å².